The van der Waals surface area contributed by atoms with E-state index in [-0.39, 0.29) is 45.3 Å². The lowest BCUT2D eigenvalue weighted by atomic mass is 10.0. The molecule has 0 aliphatic heterocycles. The Morgan fingerprint density at radius 2 is 1.83 bits per heavy atom. The Bertz CT molecular complexity index is 573. The molecule has 0 heterocycles. The molecule has 1 atom stereocenters. The number of hydrogen-bond acceptors (Lipinski definition) is 9. The van der Waals surface area contributed by atoms with Gasteiger partial charge in [-0.05, 0) is 20.3 Å². The summed E-state index contributed by atoms with van der Waals surface area (Å²) >= 11 is 0. The normalized spacial score (nSPS) is 12.3. The second-order valence-electron chi connectivity index (χ2n) is 7.04. The number of aliphatic hydroxyl groups excluding tert-OH is 1. The van der Waals surface area contributed by atoms with Gasteiger partial charge in [0.05, 0.1) is 31.9 Å². The van der Waals surface area contributed by atoms with Crippen LogP contribution in [-0.4, -0.2) is 92.1 Å². The largest absolute Gasteiger partial charge is 0.394 e. The van der Waals surface area contributed by atoms with Gasteiger partial charge < -0.3 is 37.3 Å². The number of hydroxylamine groups is 2. The van der Waals surface area contributed by atoms with Crippen LogP contribution in [0.4, 0.5) is 0 Å². The Hall–Kier alpha value is -2.32. The third kappa shape index (κ3) is 13.8. The Kier molecular flexibility index (Phi) is 13.5. The van der Waals surface area contributed by atoms with Crippen molar-refractivity contribution in [2.75, 3.05) is 46.6 Å². The van der Waals surface area contributed by atoms with E-state index in [0.29, 0.717) is 6.42 Å². The van der Waals surface area contributed by atoms with Gasteiger partial charge in [-0.2, -0.15) is 5.06 Å². The van der Waals surface area contributed by atoms with Crippen LogP contribution in [0.15, 0.2) is 0 Å². The maximum Gasteiger partial charge on any atom is 0.245 e. The molecular weight excluding hydrogens is 400 g/mol. The third-order valence-electron chi connectivity index (χ3n) is 3.78. The van der Waals surface area contributed by atoms with E-state index in [1.807, 2.05) is 13.8 Å². The molecule has 0 rings (SSSR count). The van der Waals surface area contributed by atoms with E-state index < -0.39 is 36.0 Å². The van der Waals surface area contributed by atoms with Crippen molar-refractivity contribution < 1.29 is 33.9 Å². The van der Waals surface area contributed by atoms with E-state index in [4.69, 9.17) is 26.1 Å². The van der Waals surface area contributed by atoms with Crippen LogP contribution in [0.3, 0.4) is 0 Å². The molecule has 13 heteroatoms. The van der Waals surface area contributed by atoms with Gasteiger partial charge in [-0.1, -0.05) is 0 Å². The topological polar surface area (TPSA) is 198 Å². The van der Waals surface area contributed by atoms with Gasteiger partial charge in [-0.3, -0.25) is 24.0 Å². The van der Waals surface area contributed by atoms with Crippen molar-refractivity contribution >= 4 is 23.6 Å². The van der Waals surface area contributed by atoms with Crippen molar-refractivity contribution in [2.45, 2.75) is 38.3 Å². The van der Waals surface area contributed by atoms with E-state index in [2.05, 4.69) is 16.0 Å². The van der Waals surface area contributed by atoms with Crippen LogP contribution in [-0.2, 0) is 28.8 Å². The number of rotatable bonds is 16. The summed E-state index contributed by atoms with van der Waals surface area (Å²) in [5.41, 5.74) is 9.49. The summed E-state index contributed by atoms with van der Waals surface area (Å²) < 4.78 is 5.71. The van der Waals surface area contributed by atoms with Crippen LogP contribution in [0.5, 0.6) is 0 Å². The number of carbonyl (C=O) groups excluding carboxylic acids is 4. The van der Waals surface area contributed by atoms with Crippen LogP contribution in [0, 0.1) is 0 Å². The first kappa shape index (κ1) is 27.7. The first-order valence-electron chi connectivity index (χ1n) is 9.41. The zero-order valence-corrected chi connectivity index (χ0v) is 17.7. The summed E-state index contributed by atoms with van der Waals surface area (Å²) in [6, 6.07) is -1.08. The van der Waals surface area contributed by atoms with Gasteiger partial charge in [0.15, 0.2) is 0 Å². The lowest BCUT2D eigenvalue weighted by Crippen LogP contribution is -2.51. The number of ether oxygens (including phenoxy) is 1. The SMILES string of the molecule is CN(COC(C)(C)CCC(=O)NCC(N)=O)OCCNC(=O)[C@H](CO)NC(=O)CN. The number of amides is 4. The number of primary amides is 1. The molecule has 0 spiro atoms. The first-order chi connectivity index (χ1) is 14.0. The maximum absolute atomic E-state index is 11.9. The fourth-order valence-electron chi connectivity index (χ4n) is 2.01. The molecule has 0 aromatic rings. The highest BCUT2D eigenvalue weighted by Gasteiger charge is 2.21. The molecule has 0 aliphatic carbocycles. The zero-order valence-electron chi connectivity index (χ0n) is 17.7. The number of carbonyl (C=O) groups is 4. The van der Waals surface area contributed by atoms with E-state index in [1.165, 1.54) is 5.06 Å². The smallest absolute Gasteiger partial charge is 0.245 e. The number of aliphatic hydroxyl groups is 1. The van der Waals surface area contributed by atoms with Gasteiger partial charge in [0.2, 0.25) is 23.6 Å². The van der Waals surface area contributed by atoms with Crippen LogP contribution in [0.1, 0.15) is 26.7 Å². The lowest BCUT2D eigenvalue weighted by Gasteiger charge is -2.28. The molecule has 0 aliphatic rings. The molecule has 0 bridgehead atoms. The first-order valence-corrected chi connectivity index (χ1v) is 9.41. The molecule has 4 amide bonds. The predicted molar refractivity (Wildman–Crippen MR) is 106 cm³/mol. The van der Waals surface area contributed by atoms with Crippen molar-refractivity contribution in [3.63, 3.8) is 0 Å². The molecule has 0 saturated heterocycles. The highest BCUT2D eigenvalue weighted by atomic mass is 16.7. The van der Waals surface area contributed by atoms with Gasteiger partial charge in [0.1, 0.15) is 12.8 Å². The molecule has 0 aromatic heterocycles. The number of hydrogen-bond donors (Lipinski definition) is 6. The van der Waals surface area contributed by atoms with E-state index in [1.54, 1.807) is 7.05 Å². The van der Waals surface area contributed by atoms with Crippen LogP contribution in [0.2, 0.25) is 0 Å². The van der Waals surface area contributed by atoms with Gasteiger partial charge in [0, 0.05) is 20.0 Å². The van der Waals surface area contributed by atoms with Crippen molar-refractivity contribution in [3.05, 3.63) is 0 Å². The molecule has 174 valence electrons. The summed E-state index contributed by atoms with van der Waals surface area (Å²) in [6.45, 7) is 2.96. The monoisotopic (exact) mass is 434 g/mol. The summed E-state index contributed by atoms with van der Waals surface area (Å²) in [6.07, 6.45) is 0.585. The minimum atomic E-state index is -1.08. The van der Waals surface area contributed by atoms with Crippen molar-refractivity contribution in [3.8, 4) is 0 Å². The fourth-order valence-corrected chi connectivity index (χ4v) is 2.01. The standard InChI is InChI=1S/C17H34N6O7/c1-17(2,5-4-14(26)21-9-13(19)25)29-11-23(3)30-7-6-20-16(28)12(10-24)22-15(27)8-18/h12,24H,4-11,18H2,1-3H3,(H2,19,25)(H,20,28)(H,21,26)(H,22,27)/t12-/m0/s1. The molecule has 0 unspecified atom stereocenters. The zero-order chi connectivity index (χ0) is 23.2. The van der Waals surface area contributed by atoms with E-state index >= 15 is 0 Å². The molecule has 30 heavy (non-hydrogen) atoms. The third-order valence-corrected chi connectivity index (χ3v) is 3.78. The second-order valence-corrected chi connectivity index (χ2v) is 7.04. The van der Waals surface area contributed by atoms with E-state index in [0.717, 1.165) is 0 Å². The van der Waals surface area contributed by atoms with Crippen LogP contribution < -0.4 is 27.4 Å². The minimum Gasteiger partial charge on any atom is -0.394 e. The molecule has 0 radical (unpaired) electrons. The highest BCUT2D eigenvalue weighted by Crippen LogP contribution is 2.16. The summed E-state index contributed by atoms with van der Waals surface area (Å²) in [5, 5.41) is 17.8. The van der Waals surface area contributed by atoms with E-state index in [9.17, 15) is 19.2 Å². The Balaban J connectivity index is 4.05. The molecule has 0 fully saturated rings. The molecule has 0 aromatic carbocycles. The average Bonchev–Trinajstić information content (AvgIpc) is 2.70. The predicted octanol–water partition coefficient (Wildman–Crippen LogP) is -3.46. The van der Waals surface area contributed by atoms with Gasteiger partial charge >= 0.3 is 0 Å². The average molecular weight is 434 g/mol. The number of nitrogens with two attached hydrogens (primary N) is 2. The fraction of sp³-hybridized carbons (Fsp3) is 0.765. The Morgan fingerprint density at radius 3 is 2.40 bits per heavy atom. The second kappa shape index (κ2) is 14.6. The summed E-state index contributed by atoms with van der Waals surface area (Å²) in [7, 11) is 1.63. The van der Waals surface area contributed by atoms with Gasteiger partial charge in [0.25, 0.3) is 0 Å². The van der Waals surface area contributed by atoms with Gasteiger partial charge in [-0.15, -0.1) is 0 Å². The van der Waals surface area contributed by atoms with Crippen molar-refractivity contribution in [1.82, 2.24) is 21.0 Å². The quantitative estimate of drug-likeness (QED) is 0.0811. The molecule has 13 nitrogen and oxygen atoms in total. The van der Waals surface area contributed by atoms with Crippen molar-refractivity contribution in [1.29, 1.82) is 0 Å². The Labute approximate surface area is 175 Å². The minimum absolute atomic E-state index is 0.107. The Morgan fingerprint density at radius 1 is 1.17 bits per heavy atom. The lowest BCUT2D eigenvalue weighted by molar-refractivity contribution is -0.215. The highest BCUT2D eigenvalue weighted by molar-refractivity contribution is 5.88. The van der Waals surface area contributed by atoms with Crippen LogP contribution in [0.25, 0.3) is 0 Å². The van der Waals surface area contributed by atoms with Gasteiger partial charge in [-0.25, -0.2) is 0 Å². The number of nitrogens with zero attached hydrogens (tertiary/aromatic N) is 1. The summed E-state index contributed by atoms with van der Waals surface area (Å²) in [5.74, 6) is -2.02. The maximum atomic E-state index is 11.9. The summed E-state index contributed by atoms with van der Waals surface area (Å²) in [4.78, 5) is 50.7. The van der Waals surface area contributed by atoms with Crippen LogP contribution >= 0.6 is 0 Å². The number of nitrogens with one attached hydrogen (secondary N) is 3. The molecule has 8 N–H and O–H groups in total. The van der Waals surface area contributed by atoms with Crippen molar-refractivity contribution in [2.24, 2.45) is 11.5 Å². The molecule has 0 saturated carbocycles. The molecular formula is C17H34N6O7.